The fourth-order valence-electron chi connectivity index (χ4n) is 3.77. The Bertz CT molecular complexity index is 1050. The standard InChI is InChI=1S/C25H30ClN3O5/c26-23-15-19(25(30)24-22(23)2-1-3-28-24)12-18-13-20-16-33-10-8-31-6-4-27-5-7-32-9-11-34-17-21(14-18)29-20/h1-3,13-15,27,30H,4-12,16-17H2. The van der Waals surface area contributed by atoms with Gasteiger partial charge in [0, 0.05) is 36.7 Å². The van der Waals surface area contributed by atoms with Crippen molar-refractivity contribution < 1.29 is 24.1 Å². The summed E-state index contributed by atoms with van der Waals surface area (Å²) in [4.78, 5) is 8.99. The number of halogens is 1. The van der Waals surface area contributed by atoms with Crippen LogP contribution in [-0.2, 0) is 38.6 Å². The fraction of sp³-hybridized carbons (Fsp3) is 0.440. The van der Waals surface area contributed by atoms with E-state index in [1.54, 1.807) is 18.3 Å². The average molecular weight is 488 g/mol. The number of rotatable bonds is 2. The molecule has 0 radical (unpaired) electrons. The van der Waals surface area contributed by atoms with E-state index in [1.165, 1.54) is 0 Å². The second-order valence-electron chi connectivity index (χ2n) is 7.98. The van der Waals surface area contributed by atoms with E-state index in [-0.39, 0.29) is 5.75 Å². The molecule has 0 aliphatic carbocycles. The fourth-order valence-corrected chi connectivity index (χ4v) is 4.05. The summed E-state index contributed by atoms with van der Waals surface area (Å²) < 4.78 is 22.7. The minimum absolute atomic E-state index is 0.137. The molecule has 1 aromatic carbocycles. The Morgan fingerprint density at radius 1 is 0.882 bits per heavy atom. The van der Waals surface area contributed by atoms with E-state index in [2.05, 4.69) is 15.3 Å². The minimum atomic E-state index is 0.137. The Morgan fingerprint density at radius 2 is 1.53 bits per heavy atom. The number of hydrogen-bond donors (Lipinski definition) is 2. The van der Waals surface area contributed by atoms with Gasteiger partial charge in [0.25, 0.3) is 0 Å². The van der Waals surface area contributed by atoms with E-state index >= 15 is 0 Å². The summed E-state index contributed by atoms with van der Waals surface area (Å²) in [6.07, 6.45) is 2.12. The van der Waals surface area contributed by atoms with Gasteiger partial charge in [0.2, 0.25) is 0 Å². The minimum Gasteiger partial charge on any atom is -0.505 e. The predicted molar refractivity (Wildman–Crippen MR) is 129 cm³/mol. The highest BCUT2D eigenvalue weighted by Crippen LogP contribution is 2.34. The second kappa shape index (κ2) is 12.9. The molecule has 1 aliphatic heterocycles. The quantitative estimate of drug-likeness (QED) is 0.569. The number of nitrogens with one attached hydrogen (secondary N) is 1. The molecule has 0 saturated heterocycles. The Balaban J connectivity index is 1.52. The number of phenols is 1. The average Bonchev–Trinajstić information content (AvgIpc) is 2.84. The monoisotopic (exact) mass is 487 g/mol. The molecule has 4 rings (SSSR count). The smallest absolute Gasteiger partial charge is 0.145 e. The predicted octanol–water partition coefficient (Wildman–Crippen LogP) is 3.25. The van der Waals surface area contributed by atoms with Gasteiger partial charge in [-0.1, -0.05) is 11.6 Å². The number of aromatic hydroxyl groups is 1. The number of fused-ring (bicyclic) bond motifs is 3. The lowest BCUT2D eigenvalue weighted by Crippen LogP contribution is -2.25. The molecular weight excluding hydrogens is 458 g/mol. The highest BCUT2D eigenvalue weighted by atomic mass is 35.5. The summed E-state index contributed by atoms with van der Waals surface area (Å²) in [6.45, 7) is 5.50. The number of ether oxygens (including phenoxy) is 4. The molecule has 0 atom stereocenters. The molecule has 182 valence electrons. The summed E-state index contributed by atoms with van der Waals surface area (Å²) >= 11 is 6.47. The van der Waals surface area contributed by atoms with Crippen molar-refractivity contribution in [2.24, 2.45) is 0 Å². The van der Waals surface area contributed by atoms with Gasteiger partial charge in [0.1, 0.15) is 11.3 Å². The number of phenolic OH excluding ortho intramolecular Hbond substituents is 1. The molecule has 8 nitrogen and oxygen atoms in total. The number of nitrogens with zero attached hydrogens (tertiary/aromatic N) is 2. The van der Waals surface area contributed by atoms with Crippen LogP contribution in [0.15, 0.2) is 36.5 Å². The third-order valence-electron chi connectivity index (χ3n) is 5.37. The largest absolute Gasteiger partial charge is 0.505 e. The molecule has 0 spiro atoms. The zero-order valence-electron chi connectivity index (χ0n) is 19.1. The molecule has 0 fully saturated rings. The Morgan fingerprint density at radius 3 is 2.21 bits per heavy atom. The van der Waals surface area contributed by atoms with Crippen LogP contribution in [0.3, 0.4) is 0 Å². The number of benzene rings is 1. The molecule has 34 heavy (non-hydrogen) atoms. The second-order valence-corrected chi connectivity index (χ2v) is 8.39. The van der Waals surface area contributed by atoms with Crippen molar-refractivity contribution in [2.75, 3.05) is 52.7 Å². The van der Waals surface area contributed by atoms with Crippen LogP contribution in [0.1, 0.15) is 22.5 Å². The molecule has 3 aromatic rings. The van der Waals surface area contributed by atoms with Gasteiger partial charge < -0.3 is 29.4 Å². The van der Waals surface area contributed by atoms with Gasteiger partial charge in [-0.2, -0.15) is 0 Å². The molecule has 0 saturated carbocycles. The van der Waals surface area contributed by atoms with Crippen molar-refractivity contribution in [3.8, 4) is 5.75 Å². The molecular formula is C25H30ClN3O5. The van der Waals surface area contributed by atoms with Gasteiger partial charge in [0.05, 0.1) is 69.3 Å². The maximum absolute atomic E-state index is 10.8. The van der Waals surface area contributed by atoms with Gasteiger partial charge in [0.15, 0.2) is 0 Å². The van der Waals surface area contributed by atoms with Crippen LogP contribution >= 0.6 is 11.6 Å². The number of hydrogen-bond acceptors (Lipinski definition) is 8. The lowest BCUT2D eigenvalue weighted by Gasteiger charge is -2.13. The highest BCUT2D eigenvalue weighted by molar-refractivity contribution is 6.35. The zero-order valence-corrected chi connectivity index (χ0v) is 19.9. The van der Waals surface area contributed by atoms with Gasteiger partial charge in [-0.3, -0.25) is 9.97 Å². The first-order valence-corrected chi connectivity index (χ1v) is 11.8. The van der Waals surface area contributed by atoms with E-state index in [1.807, 2.05) is 18.2 Å². The first-order valence-electron chi connectivity index (χ1n) is 11.5. The summed E-state index contributed by atoms with van der Waals surface area (Å²) in [5.41, 5.74) is 3.75. The molecule has 1 aliphatic rings. The summed E-state index contributed by atoms with van der Waals surface area (Å²) in [5.74, 6) is 0.137. The molecule has 2 aromatic heterocycles. The van der Waals surface area contributed by atoms with E-state index in [0.717, 1.165) is 35.4 Å². The van der Waals surface area contributed by atoms with Crippen LogP contribution in [0.25, 0.3) is 10.9 Å². The maximum Gasteiger partial charge on any atom is 0.145 e. The first-order chi connectivity index (χ1) is 16.7. The number of aromatic nitrogens is 2. The van der Waals surface area contributed by atoms with Crippen LogP contribution < -0.4 is 5.32 Å². The first kappa shape index (κ1) is 24.8. The lowest BCUT2D eigenvalue weighted by molar-refractivity contribution is 0.0324. The summed E-state index contributed by atoms with van der Waals surface area (Å²) in [6, 6.07) is 9.39. The van der Waals surface area contributed by atoms with Crippen LogP contribution in [-0.4, -0.2) is 67.8 Å². The van der Waals surface area contributed by atoms with Gasteiger partial charge in [-0.05, 0) is 35.9 Å². The van der Waals surface area contributed by atoms with Crippen LogP contribution in [0.2, 0.25) is 5.02 Å². The van der Waals surface area contributed by atoms with Gasteiger partial charge >= 0.3 is 0 Å². The molecule has 2 N–H and O–H groups in total. The molecule has 2 bridgehead atoms. The van der Waals surface area contributed by atoms with Crippen LogP contribution in [0.4, 0.5) is 0 Å². The van der Waals surface area contributed by atoms with E-state index in [0.29, 0.717) is 75.4 Å². The zero-order chi connectivity index (χ0) is 23.6. The molecule has 0 amide bonds. The Hall–Kier alpha value is -2.33. The van der Waals surface area contributed by atoms with Crippen LogP contribution in [0, 0.1) is 0 Å². The van der Waals surface area contributed by atoms with Crippen molar-refractivity contribution in [3.05, 3.63) is 64.1 Å². The van der Waals surface area contributed by atoms with Gasteiger partial charge in [-0.25, -0.2) is 0 Å². The summed E-state index contributed by atoms with van der Waals surface area (Å²) in [7, 11) is 0. The highest BCUT2D eigenvalue weighted by Gasteiger charge is 2.13. The maximum atomic E-state index is 10.8. The van der Waals surface area contributed by atoms with E-state index < -0.39 is 0 Å². The SMILES string of the molecule is Oc1c(Cc2cc3nc(c2)COCCOCCNCCOCCOC3)cc(Cl)c2cccnc12. The third-order valence-corrected chi connectivity index (χ3v) is 5.68. The normalized spacial score (nSPS) is 17.2. The van der Waals surface area contributed by atoms with Crippen molar-refractivity contribution >= 4 is 22.5 Å². The van der Waals surface area contributed by atoms with E-state index in [4.69, 9.17) is 30.5 Å². The topological polar surface area (TPSA) is 95.0 Å². The van der Waals surface area contributed by atoms with Gasteiger partial charge in [-0.15, -0.1) is 0 Å². The van der Waals surface area contributed by atoms with Crippen molar-refractivity contribution in [1.29, 1.82) is 0 Å². The third kappa shape index (κ3) is 7.09. The lowest BCUT2D eigenvalue weighted by atomic mass is 10.0. The van der Waals surface area contributed by atoms with Crippen LogP contribution in [0.5, 0.6) is 5.75 Å². The Kier molecular flexibility index (Phi) is 9.44. The molecule has 3 heterocycles. The summed E-state index contributed by atoms with van der Waals surface area (Å²) in [5, 5.41) is 15.4. The van der Waals surface area contributed by atoms with Crippen molar-refractivity contribution in [1.82, 2.24) is 15.3 Å². The number of pyridine rings is 2. The van der Waals surface area contributed by atoms with Crippen molar-refractivity contribution in [2.45, 2.75) is 19.6 Å². The van der Waals surface area contributed by atoms with E-state index in [9.17, 15) is 5.11 Å². The molecule has 0 unspecified atom stereocenters. The van der Waals surface area contributed by atoms with Crippen molar-refractivity contribution in [3.63, 3.8) is 0 Å². The Labute approximate surface area is 204 Å². The molecule has 9 heteroatoms.